The number of nitrogens with zero attached hydrogens (tertiary/aromatic N) is 4. The third-order valence-electron chi connectivity index (χ3n) is 2.08. The summed E-state index contributed by atoms with van der Waals surface area (Å²) in [4.78, 5) is 19.5. The second kappa shape index (κ2) is 3.30. The molecule has 2 aromatic heterocycles. The summed E-state index contributed by atoms with van der Waals surface area (Å²) >= 11 is 0. The minimum absolute atomic E-state index is 0.0184. The molecule has 0 aliphatic heterocycles. The molecule has 0 unspecified atom stereocenters. The van der Waals surface area contributed by atoms with Gasteiger partial charge in [0.15, 0.2) is 0 Å². The highest BCUT2D eigenvalue weighted by atomic mass is 16.3. The molecular weight excluding hydrogens is 196 g/mol. The summed E-state index contributed by atoms with van der Waals surface area (Å²) in [6.07, 6.45) is 2.57. The maximum absolute atomic E-state index is 11.8. The molecule has 1 N–H and O–H groups in total. The number of aromatic nitrogens is 4. The van der Waals surface area contributed by atoms with E-state index in [1.807, 2.05) is 0 Å². The topological polar surface area (TPSA) is 80.4 Å². The quantitative estimate of drug-likeness (QED) is 0.682. The minimum Gasteiger partial charge on any atom is -0.511 e. The lowest BCUT2D eigenvalue weighted by atomic mass is 10.1. The molecule has 78 valence electrons. The molecule has 0 radical (unpaired) electrons. The third kappa shape index (κ3) is 1.43. The van der Waals surface area contributed by atoms with Crippen LogP contribution >= 0.6 is 0 Å². The fraction of sp³-hybridized carbons (Fsp3) is 0.333. The summed E-state index contributed by atoms with van der Waals surface area (Å²) in [5.74, 6) is 0.130. The van der Waals surface area contributed by atoms with Crippen LogP contribution in [0.1, 0.15) is 13.8 Å². The average Bonchev–Trinajstić information content (AvgIpc) is 2.66. The van der Waals surface area contributed by atoms with Crippen LogP contribution in [0.4, 0.5) is 0 Å². The Morgan fingerprint density at radius 3 is 2.87 bits per heavy atom. The van der Waals surface area contributed by atoms with Gasteiger partial charge in [-0.25, -0.2) is 4.98 Å². The molecule has 0 aliphatic carbocycles. The van der Waals surface area contributed by atoms with Crippen LogP contribution in [-0.2, 0) is 0 Å². The van der Waals surface area contributed by atoms with E-state index in [9.17, 15) is 9.90 Å². The van der Waals surface area contributed by atoms with Gasteiger partial charge in [0.2, 0.25) is 0 Å². The van der Waals surface area contributed by atoms with Gasteiger partial charge in [0.1, 0.15) is 12.1 Å². The monoisotopic (exact) mass is 206 g/mol. The van der Waals surface area contributed by atoms with Gasteiger partial charge in [-0.05, 0) is 0 Å². The highest BCUT2D eigenvalue weighted by Gasteiger charge is 2.08. The van der Waals surface area contributed by atoms with Crippen molar-refractivity contribution in [2.45, 2.75) is 13.8 Å². The molecule has 0 spiro atoms. The molecule has 0 bridgehead atoms. The zero-order valence-electron chi connectivity index (χ0n) is 8.38. The molecule has 6 heteroatoms. The van der Waals surface area contributed by atoms with E-state index in [0.717, 1.165) is 4.52 Å². The fourth-order valence-electron chi connectivity index (χ4n) is 1.25. The first kappa shape index (κ1) is 9.57. The molecule has 0 aliphatic rings. The lowest BCUT2D eigenvalue weighted by Gasteiger charge is -2.01. The molecule has 0 aromatic carbocycles. The Bertz CT molecular complexity index is 602. The van der Waals surface area contributed by atoms with Crippen molar-refractivity contribution in [2.24, 2.45) is 5.92 Å². The van der Waals surface area contributed by atoms with Crippen LogP contribution in [0.25, 0.3) is 11.5 Å². The van der Waals surface area contributed by atoms with Crippen LogP contribution in [0.2, 0.25) is 0 Å². The molecule has 6 nitrogen and oxygen atoms in total. The third-order valence-corrected chi connectivity index (χ3v) is 2.08. The van der Waals surface area contributed by atoms with Gasteiger partial charge in [-0.3, -0.25) is 4.79 Å². The summed E-state index contributed by atoms with van der Waals surface area (Å²) in [5, 5.41) is 13.6. The first-order valence-electron chi connectivity index (χ1n) is 4.53. The Morgan fingerprint density at radius 1 is 1.47 bits per heavy atom. The first-order chi connectivity index (χ1) is 7.11. The molecule has 15 heavy (non-hydrogen) atoms. The van der Waals surface area contributed by atoms with E-state index < -0.39 is 5.56 Å². The zero-order valence-corrected chi connectivity index (χ0v) is 8.38. The standard InChI is InChI=1S/C9H10N4O2/c1-5(2)7(14)6-3-10-9-11-4-12-13(9)8(6)15/h3-5,14H,1-2H3/b7-6+. The van der Waals surface area contributed by atoms with Crippen LogP contribution in [0, 0.1) is 5.92 Å². The van der Waals surface area contributed by atoms with E-state index >= 15 is 0 Å². The van der Waals surface area contributed by atoms with Gasteiger partial charge in [-0.15, -0.1) is 0 Å². The van der Waals surface area contributed by atoms with Gasteiger partial charge in [0.05, 0.1) is 5.22 Å². The van der Waals surface area contributed by atoms with Crippen molar-refractivity contribution in [1.82, 2.24) is 19.6 Å². The van der Waals surface area contributed by atoms with Crippen molar-refractivity contribution in [3.05, 3.63) is 28.1 Å². The lowest BCUT2D eigenvalue weighted by molar-refractivity contribution is 0.445. The van der Waals surface area contributed by atoms with E-state index in [-0.39, 0.29) is 22.7 Å². The predicted octanol–water partition coefficient (Wildman–Crippen LogP) is -0.474. The number of aliphatic hydroxyl groups is 1. The van der Waals surface area contributed by atoms with Crippen molar-refractivity contribution in [1.29, 1.82) is 0 Å². The Kier molecular flexibility index (Phi) is 2.11. The summed E-state index contributed by atoms with van der Waals surface area (Å²) in [6.45, 7) is 3.58. The Balaban J connectivity index is 2.90. The molecule has 2 heterocycles. The molecule has 0 fully saturated rings. The maximum Gasteiger partial charge on any atom is 0.286 e. The Hall–Kier alpha value is -1.98. The van der Waals surface area contributed by atoms with Gasteiger partial charge in [-0.2, -0.15) is 14.6 Å². The summed E-state index contributed by atoms with van der Waals surface area (Å²) in [6, 6.07) is 0. The smallest absolute Gasteiger partial charge is 0.286 e. The van der Waals surface area contributed by atoms with Gasteiger partial charge in [0, 0.05) is 12.1 Å². The molecular formula is C9H10N4O2. The maximum atomic E-state index is 11.8. The highest BCUT2D eigenvalue weighted by Crippen LogP contribution is 2.02. The van der Waals surface area contributed by atoms with Gasteiger partial charge in [0.25, 0.3) is 11.3 Å². The normalized spacial score (nSPS) is 13.5. The molecule has 0 amide bonds. The Morgan fingerprint density at radius 2 is 2.20 bits per heavy atom. The molecule has 2 aromatic rings. The minimum atomic E-state index is -0.399. The summed E-state index contributed by atoms with van der Waals surface area (Å²) in [7, 11) is 0. The van der Waals surface area contributed by atoms with Crippen LogP contribution in [0.5, 0.6) is 0 Å². The number of aliphatic hydroxyl groups excluding tert-OH is 1. The highest BCUT2D eigenvalue weighted by molar-refractivity contribution is 5.36. The second-order valence-corrected chi connectivity index (χ2v) is 3.49. The predicted molar refractivity (Wildman–Crippen MR) is 53.1 cm³/mol. The number of hydrogen-bond donors (Lipinski definition) is 1. The van der Waals surface area contributed by atoms with Gasteiger partial charge in [-0.1, -0.05) is 13.8 Å². The number of fused-ring (bicyclic) bond motifs is 1. The van der Waals surface area contributed by atoms with E-state index in [0.29, 0.717) is 0 Å². The summed E-state index contributed by atoms with van der Waals surface area (Å²) < 4.78 is 1.06. The second-order valence-electron chi connectivity index (χ2n) is 3.49. The van der Waals surface area contributed by atoms with Crippen LogP contribution < -0.4 is 10.8 Å². The number of hydrogen-bond acceptors (Lipinski definition) is 5. The zero-order chi connectivity index (χ0) is 11.0. The van der Waals surface area contributed by atoms with E-state index in [2.05, 4.69) is 15.1 Å². The van der Waals surface area contributed by atoms with E-state index in [1.165, 1.54) is 12.5 Å². The van der Waals surface area contributed by atoms with E-state index in [4.69, 9.17) is 0 Å². The molecule has 0 saturated carbocycles. The molecule has 2 rings (SSSR count). The van der Waals surface area contributed by atoms with Crippen molar-refractivity contribution < 1.29 is 5.11 Å². The van der Waals surface area contributed by atoms with Crippen molar-refractivity contribution >= 4 is 11.5 Å². The van der Waals surface area contributed by atoms with Crippen molar-refractivity contribution in [2.75, 3.05) is 0 Å². The van der Waals surface area contributed by atoms with Gasteiger partial charge < -0.3 is 5.11 Å². The largest absolute Gasteiger partial charge is 0.511 e. The Labute approximate surface area is 84.9 Å². The number of rotatable bonds is 1. The van der Waals surface area contributed by atoms with Crippen molar-refractivity contribution in [3.63, 3.8) is 0 Å². The molecule has 0 atom stereocenters. The van der Waals surface area contributed by atoms with Gasteiger partial charge >= 0.3 is 0 Å². The average molecular weight is 206 g/mol. The lowest BCUT2D eigenvalue weighted by Crippen LogP contribution is -2.34. The van der Waals surface area contributed by atoms with E-state index in [1.54, 1.807) is 13.8 Å². The summed E-state index contributed by atoms with van der Waals surface area (Å²) in [5.41, 5.74) is -0.399. The fourth-order valence-corrected chi connectivity index (χ4v) is 1.25. The van der Waals surface area contributed by atoms with Crippen LogP contribution in [-0.4, -0.2) is 24.7 Å². The van der Waals surface area contributed by atoms with Crippen LogP contribution in [0.3, 0.4) is 0 Å². The first-order valence-corrected chi connectivity index (χ1v) is 4.53. The SMILES string of the molecule is CC(C)/C(O)=c1/cnc2ncnn2c1=O. The van der Waals surface area contributed by atoms with Crippen LogP contribution in [0.15, 0.2) is 17.3 Å². The van der Waals surface area contributed by atoms with Crippen molar-refractivity contribution in [3.8, 4) is 0 Å². The molecule has 0 saturated heterocycles.